The number of carbonyl (C=O) groups excluding carboxylic acids is 2. The lowest BCUT2D eigenvalue weighted by molar-refractivity contribution is -0.138. The fraction of sp³-hybridized carbons (Fsp3) is 0.692. The number of hydrogen-bond acceptors (Lipinski definition) is 5. The van der Waals surface area contributed by atoms with Gasteiger partial charge in [-0.2, -0.15) is 0 Å². The van der Waals surface area contributed by atoms with Gasteiger partial charge in [0.1, 0.15) is 6.61 Å². The lowest BCUT2D eigenvalue weighted by atomic mass is 10.4. The molecule has 0 radical (unpaired) electrons. The molecule has 0 heterocycles. The lowest BCUT2D eigenvalue weighted by Gasteiger charge is -2.22. The molecule has 8 heteroatoms. The van der Waals surface area contributed by atoms with Crippen LogP contribution in [0.1, 0.15) is 13.3 Å². The molecule has 21 heavy (non-hydrogen) atoms. The van der Waals surface area contributed by atoms with Crippen LogP contribution in [0.5, 0.6) is 0 Å². The van der Waals surface area contributed by atoms with Gasteiger partial charge in [-0.05, 0) is 25.9 Å². The molecule has 0 atom stereocenters. The summed E-state index contributed by atoms with van der Waals surface area (Å²) < 4.78 is 15.5. The molecule has 0 fully saturated rings. The molecule has 0 aromatic rings. The van der Waals surface area contributed by atoms with Crippen molar-refractivity contribution in [1.29, 1.82) is 0 Å². The zero-order valence-corrected chi connectivity index (χ0v) is 14.3. The smallest absolute Gasteiger partial charge is 0.334 e. The van der Waals surface area contributed by atoms with Gasteiger partial charge in [-0.1, -0.05) is 6.58 Å². The highest BCUT2D eigenvalue weighted by Crippen LogP contribution is 2.12. The second-order valence-electron chi connectivity index (χ2n) is 4.74. The first-order chi connectivity index (χ1) is 9.84. The second-order valence-corrected chi connectivity index (χ2v) is 8.33. The Morgan fingerprint density at radius 3 is 2.24 bits per heavy atom. The molecule has 122 valence electrons. The molecule has 0 aromatic heterocycles. The van der Waals surface area contributed by atoms with Crippen molar-refractivity contribution in [2.45, 2.75) is 25.9 Å². The van der Waals surface area contributed by atoms with E-state index in [1.165, 1.54) is 0 Å². The lowest BCUT2D eigenvalue weighted by Crippen LogP contribution is -2.40. The first-order valence-electron chi connectivity index (χ1n) is 6.79. The fourth-order valence-corrected chi connectivity index (χ4v) is 2.79. The molecular formula is C13H26N2O5Si. The molecule has 0 rings (SSSR count). The van der Waals surface area contributed by atoms with Crippen LogP contribution >= 0.6 is 0 Å². The van der Waals surface area contributed by atoms with Crippen LogP contribution in [0.25, 0.3) is 0 Å². The molecular weight excluding hydrogens is 292 g/mol. The van der Waals surface area contributed by atoms with Crippen LogP contribution in [0.2, 0.25) is 12.6 Å². The van der Waals surface area contributed by atoms with E-state index in [0.29, 0.717) is 12.1 Å². The highest BCUT2D eigenvalue weighted by molar-refractivity contribution is 6.65. The Morgan fingerprint density at radius 2 is 1.71 bits per heavy atom. The number of ether oxygens (including phenoxy) is 1. The van der Waals surface area contributed by atoms with Crippen LogP contribution in [-0.4, -0.2) is 54.5 Å². The molecule has 0 unspecified atom stereocenters. The van der Waals surface area contributed by atoms with E-state index in [-0.39, 0.29) is 19.2 Å². The van der Waals surface area contributed by atoms with Crippen LogP contribution < -0.4 is 10.6 Å². The first kappa shape index (κ1) is 19.6. The Balaban J connectivity index is 3.64. The van der Waals surface area contributed by atoms with E-state index >= 15 is 0 Å². The zero-order chi connectivity index (χ0) is 16.3. The number of nitrogens with one attached hydrogen (secondary N) is 2. The molecule has 0 aromatic carbocycles. The number of hydrogen-bond donors (Lipinski definition) is 2. The van der Waals surface area contributed by atoms with Gasteiger partial charge in [-0.15, -0.1) is 0 Å². The molecule has 7 nitrogen and oxygen atoms in total. The van der Waals surface area contributed by atoms with Crippen LogP contribution in [0.3, 0.4) is 0 Å². The average Bonchev–Trinajstić information content (AvgIpc) is 2.47. The summed E-state index contributed by atoms with van der Waals surface area (Å²) in [5.74, 6) is -0.458. The average molecular weight is 318 g/mol. The zero-order valence-electron chi connectivity index (χ0n) is 13.3. The third-order valence-corrected chi connectivity index (χ3v) is 5.92. The Hall–Kier alpha value is -1.38. The van der Waals surface area contributed by atoms with Crippen molar-refractivity contribution in [3.63, 3.8) is 0 Å². The van der Waals surface area contributed by atoms with Gasteiger partial charge in [0.25, 0.3) is 0 Å². The van der Waals surface area contributed by atoms with Crippen LogP contribution in [-0.2, 0) is 18.4 Å². The second kappa shape index (κ2) is 10.4. The van der Waals surface area contributed by atoms with Gasteiger partial charge in [-0.25, -0.2) is 9.59 Å². The van der Waals surface area contributed by atoms with E-state index in [2.05, 4.69) is 17.2 Å². The molecule has 0 bridgehead atoms. The maximum Gasteiger partial charge on any atom is 0.334 e. The van der Waals surface area contributed by atoms with Crippen LogP contribution in [0, 0.1) is 0 Å². The Bertz CT molecular complexity index is 358. The van der Waals surface area contributed by atoms with E-state index in [9.17, 15) is 9.59 Å². The summed E-state index contributed by atoms with van der Waals surface area (Å²) in [4.78, 5) is 22.5. The Kier molecular flexibility index (Phi) is 9.68. The fourth-order valence-electron chi connectivity index (χ4n) is 1.39. The summed E-state index contributed by atoms with van der Waals surface area (Å²) >= 11 is 0. The molecule has 0 aliphatic carbocycles. The van der Waals surface area contributed by atoms with E-state index in [0.717, 1.165) is 12.5 Å². The van der Waals surface area contributed by atoms with Gasteiger partial charge in [0, 0.05) is 26.3 Å². The van der Waals surface area contributed by atoms with Crippen molar-refractivity contribution < 1.29 is 23.2 Å². The van der Waals surface area contributed by atoms with Gasteiger partial charge in [-0.3, -0.25) is 0 Å². The van der Waals surface area contributed by atoms with Crippen molar-refractivity contribution >= 4 is 20.6 Å². The maximum absolute atomic E-state index is 11.5. The monoisotopic (exact) mass is 318 g/mol. The normalized spacial score (nSPS) is 10.9. The minimum atomic E-state index is -2.06. The third-order valence-electron chi connectivity index (χ3n) is 2.93. The quantitative estimate of drug-likeness (QED) is 0.273. The van der Waals surface area contributed by atoms with Crippen molar-refractivity contribution in [3.05, 3.63) is 12.2 Å². The number of carbonyl (C=O) groups is 2. The molecule has 2 N–H and O–H groups in total. The largest absolute Gasteiger partial charge is 0.460 e. The number of amides is 2. The van der Waals surface area contributed by atoms with Gasteiger partial charge >= 0.3 is 20.6 Å². The van der Waals surface area contributed by atoms with Gasteiger partial charge in [0.05, 0.1) is 6.54 Å². The number of urea groups is 1. The SMILES string of the molecule is C=C(C)C(=O)OCCNC(=O)NCCC[Si](C)(OC)OC. The van der Waals surface area contributed by atoms with Gasteiger partial charge in [0.2, 0.25) is 0 Å². The highest BCUT2D eigenvalue weighted by Gasteiger charge is 2.27. The van der Waals surface area contributed by atoms with Gasteiger partial charge in [0.15, 0.2) is 0 Å². The van der Waals surface area contributed by atoms with E-state index in [4.69, 9.17) is 13.6 Å². The molecule has 2 amide bonds. The standard InChI is InChI=1S/C13H26N2O5Si/c1-11(2)12(16)20-9-8-15-13(17)14-7-6-10-21(5,18-3)19-4/h1,6-10H2,2-5H3,(H2,14,15,17). The molecule has 0 aliphatic heterocycles. The predicted octanol–water partition coefficient (Wildman–Crippen LogP) is 1.16. The summed E-state index contributed by atoms with van der Waals surface area (Å²) in [7, 11) is 1.22. The molecule has 0 aliphatic rings. The van der Waals surface area contributed by atoms with Gasteiger partial charge < -0.3 is 24.2 Å². The van der Waals surface area contributed by atoms with Crippen molar-refractivity contribution in [1.82, 2.24) is 10.6 Å². The minimum Gasteiger partial charge on any atom is -0.460 e. The van der Waals surface area contributed by atoms with E-state index in [1.807, 2.05) is 6.55 Å². The Labute approximate surface area is 127 Å². The van der Waals surface area contributed by atoms with Crippen molar-refractivity contribution in [2.24, 2.45) is 0 Å². The van der Waals surface area contributed by atoms with E-state index in [1.54, 1.807) is 21.1 Å². The third kappa shape index (κ3) is 9.22. The number of esters is 1. The molecule has 0 saturated carbocycles. The summed E-state index contributed by atoms with van der Waals surface area (Å²) in [6.45, 7) is 7.92. The van der Waals surface area contributed by atoms with Crippen LogP contribution in [0.15, 0.2) is 12.2 Å². The minimum absolute atomic E-state index is 0.122. The summed E-state index contributed by atoms with van der Waals surface area (Å²) in [5.41, 5.74) is 0.336. The van der Waals surface area contributed by atoms with E-state index < -0.39 is 14.5 Å². The number of rotatable bonds is 10. The molecule has 0 saturated heterocycles. The summed E-state index contributed by atoms with van der Waals surface area (Å²) in [6, 6.07) is 0.510. The summed E-state index contributed by atoms with van der Waals surface area (Å²) in [5, 5.41) is 5.31. The van der Waals surface area contributed by atoms with Crippen molar-refractivity contribution in [3.8, 4) is 0 Å². The first-order valence-corrected chi connectivity index (χ1v) is 9.31. The highest BCUT2D eigenvalue weighted by atomic mass is 28.4. The summed E-state index contributed by atoms with van der Waals surface area (Å²) in [6.07, 6.45) is 0.780. The Morgan fingerprint density at radius 1 is 1.14 bits per heavy atom. The van der Waals surface area contributed by atoms with Crippen molar-refractivity contribution in [2.75, 3.05) is 33.9 Å². The predicted molar refractivity (Wildman–Crippen MR) is 82.2 cm³/mol. The topological polar surface area (TPSA) is 85.9 Å². The maximum atomic E-state index is 11.5. The van der Waals surface area contributed by atoms with Crippen LogP contribution in [0.4, 0.5) is 4.79 Å². The molecule has 0 spiro atoms.